The van der Waals surface area contributed by atoms with E-state index in [2.05, 4.69) is 15.5 Å². The van der Waals surface area contributed by atoms with E-state index in [-0.39, 0.29) is 11.8 Å². The summed E-state index contributed by atoms with van der Waals surface area (Å²) in [5.41, 5.74) is 2.91. The van der Waals surface area contributed by atoms with Crippen LogP contribution in [0.25, 0.3) is 0 Å². The quantitative estimate of drug-likeness (QED) is 0.873. The Kier molecular flexibility index (Phi) is 4.85. The van der Waals surface area contributed by atoms with Crippen LogP contribution in [0.5, 0.6) is 0 Å². The smallest absolute Gasteiger partial charge is 0.251 e. The molecule has 0 spiro atoms. The van der Waals surface area contributed by atoms with Crippen molar-refractivity contribution in [2.75, 3.05) is 11.4 Å². The highest BCUT2D eigenvalue weighted by Gasteiger charge is 2.23. The molecule has 6 nitrogen and oxygen atoms in total. The molecule has 3 rings (SSSR count). The van der Waals surface area contributed by atoms with Crippen molar-refractivity contribution in [3.8, 4) is 0 Å². The van der Waals surface area contributed by atoms with E-state index in [0.29, 0.717) is 35.8 Å². The number of benzene rings is 1. The topological polar surface area (TPSA) is 78.1 Å². The van der Waals surface area contributed by atoms with Crippen LogP contribution in [0.2, 0.25) is 5.02 Å². The minimum absolute atomic E-state index is 0.0631. The van der Waals surface area contributed by atoms with Crippen LogP contribution < -0.4 is 10.2 Å². The van der Waals surface area contributed by atoms with Crippen molar-refractivity contribution in [3.63, 3.8) is 0 Å². The van der Waals surface area contributed by atoms with Crippen LogP contribution in [-0.2, 0) is 17.8 Å². The van der Waals surface area contributed by atoms with Gasteiger partial charge in [0.05, 0.1) is 17.9 Å². The summed E-state index contributed by atoms with van der Waals surface area (Å²) in [7, 11) is 0. The van der Waals surface area contributed by atoms with Crippen molar-refractivity contribution < 1.29 is 9.59 Å². The van der Waals surface area contributed by atoms with Crippen LogP contribution in [0, 0.1) is 0 Å². The SMILES string of the molecule is CCc1cc(CNC(=O)c2cc(Cl)cc(N3CCCC3=O)c2)[nH]n1. The molecule has 1 saturated heterocycles. The summed E-state index contributed by atoms with van der Waals surface area (Å²) < 4.78 is 0. The molecule has 2 aromatic rings. The molecule has 7 heteroatoms. The molecule has 0 aliphatic carbocycles. The van der Waals surface area contributed by atoms with Crippen LogP contribution in [0.1, 0.15) is 41.5 Å². The molecule has 24 heavy (non-hydrogen) atoms. The van der Waals surface area contributed by atoms with Crippen LogP contribution in [-0.4, -0.2) is 28.6 Å². The van der Waals surface area contributed by atoms with Gasteiger partial charge in [0, 0.05) is 29.2 Å². The van der Waals surface area contributed by atoms with E-state index in [1.807, 2.05) is 13.0 Å². The third kappa shape index (κ3) is 3.59. The largest absolute Gasteiger partial charge is 0.346 e. The number of nitrogens with zero attached hydrogens (tertiary/aromatic N) is 2. The van der Waals surface area contributed by atoms with Crippen LogP contribution in [0.4, 0.5) is 5.69 Å². The lowest BCUT2D eigenvalue weighted by Crippen LogP contribution is -2.26. The lowest BCUT2D eigenvalue weighted by molar-refractivity contribution is -0.117. The number of aryl methyl sites for hydroxylation is 1. The fourth-order valence-corrected chi connectivity index (χ4v) is 2.97. The average Bonchev–Trinajstić information content (AvgIpc) is 3.20. The van der Waals surface area contributed by atoms with Gasteiger partial charge >= 0.3 is 0 Å². The van der Waals surface area contributed by atoms with Gasteiger partial charge in [0.1, 0.15) is 0 Å². The van der Waals surface area contributed by atoms with E-state index in [0.717, 1.165) is 24.2 Å². The van der Waals surface area contributed by atoms with Crippen LogP contribution >= 0.6 is 11.6 Å². The van der Waals surface area contributed by atoms with Gasteiger partial charge in [-0.3, -0.25) is 14.7 Å². The predicted octanol–water partition coefficient (Wildman–Crippen LogP) is 2.68. The molecule has 2 amide bonds. The number of aromatic amines is 1. The van der Waals surface area contributed by atoms with Crippen molar-refractivity contribution in [2.24, 2.45) is 0 Å². The molecule has 0 atom stereocenters. The van der Waals surface area contributed by atoms with Gasteiger partial charge in [0.2, 0.25) is 5.91 Å². The Balaban J connectivity index is 1.72. The standard InChI is InChI=1S/C17H19ClN4O2/c1-2-13-9-14(21-20-13)10-19-17(24)11-6-12(18)8-15(7-11)22-5-3-4-16(22)23/h6-9H,2-5,10H2,1H3,(H,19,24)(H,20,21). The lowest BCUT2D eigenvalue weighted by atomic mass is 10.1. The van der Waals surface area contributed by atoms with Crippen LogP contribution in [0.15, 0.2) is 24.3 Å². The maximum atomic E-state index is 12.4. The Bertz CT molecular complexity index is 772. The number of H-pyrrole nitrogens is 1. The first-order valence-electron chi connectivity index (χ1n) is 7.99. The third-order valence-corrected chi connectivity index (χ3v) is 4.23. The van der Waals surface area contributed by atoms with Gasteiger partial charge in [-0.1, -0.05) is 18.5 Å². The number of hydrogen-bond donors (Lipinski definition) is 2. The highest BCUT2D eigenvalue weighted by Crippen LogP contribution is 2.26. The van der Waals surface area contributed by atoms with Crippen molar-refractivity contribution in [3.05, 3.63) is 46.2 Å². The number of carbonyl (C=O) groups is 2. The molecule has 0 unspecified atom stereocenters. The number of anilines is 1. The Labute approximate surface area is 145 Å². The van der Waals surface area contributed by atoms with Gasteiger partial charge in [-0.2, -0.15) is 5.10 Å². The first kappa shape index (κ1) is 16.5. The van der Waals surface area contributed by atoms with E-state index in [1.165, 1.54) is 0 Å². The number of amides is 2. The number of rotatable bonds is 5. The maximum absolute atomic E-state index is 12.4. The minimum atomic E-state index is -0.238. The zero-order valence-electron chi connectivity index (χ0n) is 13.4. The Morgan fingerprint density at radius 3 is 2.88 bits per heavy atom. The molecule has 0 bridgehead atoms. The third-order valence-electron chi connectivity index (χ3n) is 4.02. The predicted molar refractivity (Wildman–Crippen MR) is 92.2 cm³/mol. The number of nitrogens with one attached hydrogen (secondary N) is 2. The molecule has 0 saturated carbocycles. The number of hydrogen-bond acceptors (Lipinski definition) is 3. The number of carbonyl (C=O) groups excluding carboxylic acids is 2. The first-order valence-corrected chi connectivity index (χ1v) is 8.37. The Hall–Kier alpha value is -2.34. The second-order valence-electron chi connectivity index (χ2n) is 5.77. The summed E-state index contributed by atoms with van der Waals surface area (Å²) in [6.45, 7) is 3.04. The molecule has 1 aromatic carbocycles. The van der Waals surface area contributed by atoms with Gasteiger partial charge in [-0.05, 0) is 37.1 Å². The zero-order chi connectivity index (χ0) is 17.1. The molecule has 1 aliphatic rings. The molecule has 0 radical (unpaired) electrons. The number of halogens is 1. The monoisotopic (exact) mass is 346 g/mol. The Morgan fingerprint density at radius 1 is 1.38 bits per heavy atom. The molecule has 1 aliphatic heterocycles. The second-order valence-corrected chi connectivity index (χ2v) is 6.20. The van der Waals surface area contributed by atoms with Gasteiger partial charge in [0.25, 0.3) is 5.91 Å². The summed E-state index contributed by atoms with van der Waals surface area (Å²) in [6.07, 6.45) is 2.20. The van der Waals surface area contributed by atoms with Gasteiger partial charge in [-0.15, -0.1) is 0 Å². The summed E-state index contributed by atoms with van der Waals surface area (Å²) in [5.74, 6) is -0.175. The normalized spacial score (nSPS) is 14.2. The summed E-state index contributed by atoms with van der Waals surface area (Å²) in [4.78, 5) is 25.9. The molecular weight excluding hydrogens is 328 g/mol. The maximum Gasteiger partial charge on any atom is 0.251 e. The number of aromatic nitrogens is 2. The molecule has 1 fully saturated rings. The van der Waals surface area contributed by atoms with Crippen molar-refractivity contribution in [1.29, 1.82) is 0 Å². The van der Waals surface area contributed by atoms with E-state index in [1.54, 1.807) is 23.1 Å². The Morgan fingerprint density at radius 2 is 2.21 bits per heavy atom. The van der Waals surface area contributed by atoms with E-state index >= 15 is 0 Å². The fourth-order valence-electron chi connectivity index (χ4n) is 2.74. The highest BCUT2D eigenvalue weighted by molar-refractivity contribution is 6.31. The highest BCUT2D eigenvalue weighted by atomic mass is 35.5. The summed E-state index contributed by atoms with van der Waals surface area (Å²) in [6, 6.07) is 6.94. The van der Waals surface area contributed by atoms with Gasteiger partial charge in [0.15, 0.2) is 0 Å². The molecule has 2 heterocycles. The van der Waals surface area contributed by atoms with E-state index < -0.39 is 0 Å². The minimum Gasteiger partial charge on any atom is -0.346 e. The van der Waals surface area contributed by atoms with Gasteiger partial charge in [-0.25, -0.2) is 0 Å². The summed E-state index contributed by atoms with van der Waals surface area (Å²) in [5, 5.41) is 10.3. The van der Waals surface area contributed by atoms with Crippen molar-refractivity contribution >= 4 is 29.1 Å². The van der Waals surface area contributed by atoms with E-state index in [9.17, 15) is 9.59 Å². The lowest BCUT2D eigenvalue weighted by Gasteiger charge is -2.17. The van der Waals surface area contributed by atoms with Crippen molar-refractivity contribution in [1.82, 2.24) is 15.5 Å². The second kappa shape index (κ2) is 7.05. The van der Waals surface area contributed by atoms with Crippen LogP contribution in [0.3, 0.4) is 0 Å². The zero-order valence-corrected chi connectivity index (χ0v) is 14.2. The van der Waals surface area contributed by atoms with Gasteiger partial charge < -0.3 is 10.2 Å². The molecular formula is C17H19ClN4O2. The fraction of sp³-hybridized carbons (Fsp3) is 0.353. The molecule has 2 N–H and O–H groups in total. The van der Waals surface area contributed by atoms with E-state index in [4.69, 9.17) is 11.6 Å². The molecule has 126 valence electrons. The molecule has 1 aromatic heterocycles. The summed E-state index contributed by atoms with van der Waals surface area (Å²) >= 11 is 6.13. The first-order chi connectivity index (χ1) is 11.6. The van der Waals surface area contributed by atoms with Crippen molar-refractivity contribution in [2.45, 2.75) is 32.7 Å². The average molecular weight is 347 g/mol.